The van der Waals surface area contributed by atoms with E-state index >= 15 is 0 Å². The predicted molar refractivity (Wildman–Crippen MR) is 134 cm³/mol. The van der Waals surface area contributed by atoms with Gasteiger partial charge in [-0.3, -0.25) is 9.59 Å². The van der Waals surface area contributed by atoms with E-state index in [1.54, 1.807) is 6.08 Å². The Bertz CT molecular complexity index is 807. The number of hydrogen-bond donors (Lipinski definition) is 0. The SMILES string of the molecule is C=CCCCCCCCCC(=O)OC1CC[C@H]2[C@@H]3CCC4=CC(=O)C=C[C@]4(C)[C@H]3CC[C@]12C. The van der Waals surface area contributed by atoms with Gasteiger partial charge in [0.25, 0.3) is 0 Å². The van der Waals surface area contributed by atoms with Gasteiger partial charge in [-0.25, -0.2) is 0 Å². The molecule has 0 radical (unpaired) electrons. The van der Waals surface area contributed by atoms with Crippen molar-refractivity contribution in [2.75, 3.05) is 0 Å². The van der Waals surface area contributed by atoms with Crippen LogP contribution >= 0.6 is 0 Å². The van der Waals surface area contributed by atoms with E-state index in [2.05, 4.69) is 26.5 Å². The highest BCUT2D eigenvalue weighted by molar-refractivity contribution is 6.01. The van der Waals surface area contributed by atoms with Crippen LogP contribution in [0.2, 0.25) is 0 Å². The van der Waals surface area contributed by atoms with Crippen molar-refractivity contribution in [3.8, 4) is 0 Å². The van der Waals surface area contributed by atoms with E-state index in [1.807, 2.05) is 12.2 Å². The normalized spacial score (nSPS) is 37.0. The largest absolute Gasteiger partial charge is 0.462 e. The first-order valence-corrected chi connectivity index (χ1v) is 13.6. The Morgan fingerprint density at radius 1 is 1.06 bits per heavy atom. The summed E-state index contributed by atoms with van der Waals surface area (Å²) < 4.78 is 6.15. The van der Waals surface area contributed by atoms with Crippen LogP contribution in [0.4, 0.5) is 0 Å². The van der Waals surface area contributed by atoms with E-state index in [0.717, 1.165) is 38.5 Å². The predicted octanol–water partition coefficient (Wildman–Crippen LogP) is 7.51. The number of fused-ring (bicyclic) bond motifs is 5. The molecule has 0 aromatic rings. The van der Waals surface area contributed by atoms with Crippen LogP contribution in [0.5, 0.6) is 0 Å². The van der Waals surface area contributed by atoms with Gasteiger partial charge in [-0.2, -0.15) is 0 Å². The van der Waals surface area contributed by atoms with Crippen LogP contribution in [0.1, 0.15) is 104 Å². The fourth-order valence-electron chi connectivity index (χ4n) is 7.83. The van der Waals surface area contributed by atoms with Crippen LogP contribution in [0.3, 0.4) is 0 Å². The molecule has 1 unspecified atom stereocenters. The van der Waals surface area contributed by atoms with Crippen LogP contribution in [0.25, 0.3) is 0 Å². The molecule has 0 bridgehead atoms. The third-order valence-corrected chi connectivity index (χ3v) is 9.78. The summed E-state index contributed by atoms with van der Waals surface area (Å²) in [5.41, 5.74) is 1.51. The second-order valence-electron chi connectivity index (χ2n) is 11.7. The summed E-state index contributed by atoms with van der Waals surface area (Å²) in [5, 5.41) is 0. The van der Waals surface area contributed by atoms with Gasteiger partial charge in [0.05, 0.1) is 0 Å². The van der Waals surface area contributed by atoms with Gasteiger partial charge in [0.15, 0.2) is 5.78 Å². The number of carbonyl (C=O) groups is 2. The van der Waals surface area contributed by atoms with Gasteiger partial charge < -0.3 is 4.74 Å². The minimum absolute atomic E-state index is 0.0187. The molecule has 6 atom stereocenters. The molecule has 0 amide bonds. The molecule has 0 N–H and O–H groups in total. The zero-order chi connectivity index (χ0) is 23.5. The lowest BCUT2D eigenvalue weighted by atomic mass is 9.48. The maximum Gasteiger partial charge on any atom is 0.306 e. The molecule has 0 spiro atoms. The number of rotatable bonds is 10. The minimum atomic E-state index is 0.0187. The van der Waals surface area contributed by atoms with Crippen molar-refractivity contribution in [3.05, 3.63) is 36.5 Å². The fourth-order valence-corrected chi connectivity index (χ4v) is 7.83. The van der Waals surface area contributed by atoms with E-state index in [0.29, 0.717) is 24.2 Å². The van der Waals surface area contributed by atoms with E-state index in [9.17, 15) is 9.59 Å². The van der Waals surface area contributed by atoms with Gasteiger partial charge in [-0.1, -0.05) is 57.3 Å². The number of carbonyl (C=O) groups excluding carboxylic acids is 2. The zero-order valence-corrected chi connectivity index (χ0v) is 21.0. The van der Waals surface area contributed by atoms with Crippen molar-refractivity contribution in [2.24, 2.45) is 28.6 Å². The Balaban J connectivity index is 1.28. The quantitative estimate of drug-likeness (QED) is 0.196. The van der Waals surface area contributed by atoms with Gasteiger partial charge in [-0.15, -0.1) is 6.58 Å². The third kappa shape index (κ3) is 4.93. The van der Waals surface area contributed by atoms with E-state index in [-0.39, 0.29) is 28.7 Å². The molecule has 0 heterocycles. The van der Waals surface area contributed by atoms with Crippen molar-refractivity contribution in [3.63, 3.8) is 0 Å². The highest BCUT2D eigenvalue weighted by Crippen LogP contribution is 2.64. The molecule has 4 rings (SSSR count). The molecular weight excluding hydrogens is 408 g/mol. The average molecular weight is 453 g/mol. The summed E-state index contributed by atoms with van der Waals surface area (Å²) in [4.78, 5) is 24.6. The number of allylic oxidation sites excluding steroid dienone is 5. The van der Waals surface area contributed by atoms with Crippen LogP contribution in [0.15, 0.2) is 36.5 Å². The summed E-state index contributed by atoms with van der Waals surface area (Å²) in [5.74, 6) is 2.09. The fraction of sp³-hybridized carbons (Fsp3) is 0.733. The molecule has 0 aliphatic heterocycles. The Labute approximate surface area is 201 Å². The topological polar surface area (TPSA) is 43.4 Å². The molecule has 3 nitrogen and oxygen atoms in total. The second-order valence-corrected chi connectivity index (χ2v) is 11.7. The van der Waals surface area contributed by atoms with E-state index in [1.165, 1.54) is 50.5 Å². The number of unbranched alkanes of at least 4 members (excludes halogenated alkanes) is 6. The van der Waals surface area contributed by atoms with Crippen LogP contribution < -0.4 is 0 Å². The molecule has 3 fully saturated rings. The molecule has 4 aliphatic carbocycles. The van der Waals surface area contributed by atoms with Crippen molar-refractivity contribution >= 4 is 11.8 Å². The average Bonchev–Trinajstić information content (AvgIpc) is 3.12. The summed E-state index contributed by atoms with van der Waals surface area (Å²) in [7, 11) is 0. The minimum Gasteiger partial charge on any atom is -0.462 e. The lowest BCUT2D eigenvalue weighted by molar-refractivity contribution is -0.159. The Morgan fingerprint density at radius 2 is 1.82 bits per heavy atom. The summed E-state index contributed by atoms with van der Waals surface area (Å²) in [6, 6.07) is 0. The first kappa shape index (κ1) is 24.5. The number of hydrogen-bond acceptors (Lipinski definition) is 3. The molecular formula is C30H44O3. The summed E-state index contributed by atoms with van der Waals surface area (Å²) in [6.45, 7) is 8.53. The van der Waals surface area contributed by atoms with Gasteiger partial charge in [-0.05, 0) is 87.7 Å². The monoisotopic (exact) mass is 452 g/mol. The van der Waals surface area contributed by atoms with Crippen molar-refractivity contribution in [1.82, 2.24) is 0 Å². The van der Waals surface area contributed by atoms with Crippen LogP contribution in [-0.2, 0) is 14.3 Å². The van der Waals surface area contributed by atoms with E-state index < -0.39 is 0 Å². The number of ketones is 1. The van der Waals surface area contributed by atoms with Gasteiger partial charge >= 0.3 is 5.97 Å². The van der Waals surface area contributed by atoms with E-state index in [4.69, 9.17) is 4.74 Å². The molecule has 0 aromatic carbocycles. The lowest BCUT2D eigenvalue weighted by Gasteiger charge is -2.56. The zero-order valence-electron chi connectivity index (χ0n) is 21.0. The molecule has 0 saturated heterocycles. The standard InChI is InChI=1S/C30H44O3/c1-4-5-6-7-8-9-10-11-12-28(32)33-27-16-15-25-24-14-13-22-21-23(31)17-19-29(22,2)26(24)18-20-30(25,27)3/h4,17,19,21,24-27H,1,5-16,18,20H2,2-3H3/t24-,25-,26-,27?,29-,30-/m0/s1. The lowest BCUT2D eigenvalue weighted by Crippen LogP contribution is -2.51. The maximum atomic E-state index is 12.7. The maximum absolute atomic E-state index is 12.7. The summed E-state index contributed by atoms with van der Waals surface area (Å²) >= 11 is 0. The Morgan fingerprint density at radius 3 is 2.61 bits per heavy atom. The Kier molecular flexibility index (Phi) is 7.66. The first-order chi connectivity index (χ1) is 15.9. The van der Waals surface area contributed by atoms with Crippen LogP contribution in [-0.4, -0.2) is 17.9 Å². The van der Waals surface area contributed by atoms with Crippen molar-refractivity contribution in [1.29, 1.82) is 0 Å². The first-order valence-electron chi connectivity index (χ1n) is 13.6. The highest BCUT2D eigenvalue weighted by atomic mass is 16.5. The Hall–Kier alpha value is -1.64. The van der Waals surface area contributed by atoms with Crippen LogP contribution in [0, 0.1) is 28.6 Å². The smallest absolute Gasteiger partial charge is 0.306 e. The van der Waals surface area contributed by atoms with Gasteiger partial charge in [0.2, 0.25) is 0 Å². The molecule has 3 heteroatoms. The molecule has 0 aromatic heterocycles. The van der Waals surface area contributed by atoms with Gasteiger partial charge in [0.1, 0.15) is 6.10 Å². The summed E-state index contributed by atoms with van der Waals surface area (Å²) in [6.07, 6.45) is 23.4. The number of ether oxygens (including phenoxy) is 1. The third-order valence-electron chi connectivity index (χ3n) is 9.78. The van der Waals surface area contributed by atoms with Crippen molar-refractivity contribution < 1.29 is 14.3 Å². The van der Waals surface area contributed by atoms with Gasteiger partial charge in [0, 0.05) is 17.3 Å². The molecule has 182 valence electrons. The number of esters is 1. The molecule has 33 heavy (non-hydrogen) atoms. The molecule has 4 aliphatic rings. The second kappa shape index (κ2) is 10.3. The molecule has 3 saturated carbocycles. The highest BCUT2D eigenvalue weighted by Gasteiger charge is 2.59. The van der Waals surface area contributed by atoms with Crippen molar-refractivity contribution in [2.45, 2.75) is 110 Å².